The van der Waals surface area contributed by atoms with E-state index in [1.165, 1.54) is 0 Å². The van der Waals surface area contributed by atoms with Crippen molar-refractivity contribution in [2.24, 2.45) is 10.3 Å². The summed E-state index contributed by atoms with van der Waals surface area (Å²) in [6, 6.07) is 9.32. The second kappa shape index (κ2) is 4.23. The summed E-state index contributed by atoms with van der Waals surface area (Å²) in [6.07, 6.45) is 7.02. The lowest BCUT2D eigenvalue weighted by molar-refractivity contribution is -0.685. The highest BCUT2D eigenvalue weighted by Gasteiger charge is 1.95. The van der Waals surface area contributed by atoms with Crippen molar-refractivity contribution >= 4 is 5.69 Å². The van der Waals surface area contributed by atoms with Gasteiger partial charge in [-0.1, -0.05) is 6.07 Å². The van der Waals surface area contributed by atoms with Crippen molar-refractivity contribution in [3.63, 3.8) is 0 Å². The van der Waals surface area contributed by atoms with Gasteiger partial charge >= 0.3 is 0 Å². The van der Waals surface area contributed by atoms with E-state index < -0.39 is 0 Å². The first-order valence-electron chi connectivity index (χ1n) is 4.23. The van der Waals surface area contributed by atoms with Crippen molar-refractivity contribution in [1.82, 2.24) is 4.98 Å². The molecular weight excluding hydrogens is 176 g/mol. The van der Waals surface area contributed by atoms with Gasteiger partial charge in [-0.15, -0.1) is 4.68 Å². The Morgan fingerprint density at radius 2 is 1.71 bits per heavy atom. The number of pyridine rings is 2. The Morgan fingerprint density at radius 1 is 1.00 bits per heavy atom. The van der Waals surface area contributed by atoms with E-state index >= 15 is 0 Å². The standard InChI is InChI=1S/C10H9N4/c1-2-8-14(9-3-1)13-12-10-4-6-11-7-5-10/h1-9H/q+1. The average Bonchev–Trinajstić information content (AvgIpc) is 2.29. The zero-order valence-corrected chi connectivity index (χ0v) is 7.49. The van der Waals surface area contributed by atoms with Crippen molar-refractivity contribution in [3.8, 4) is 0 Å². The molecule has 0 fully saturated rings. The highest BCUT2D eigenvalue weighted by Crippen LogP contribution is 2.07. The van der Waals surface area contributed by atoms with Gasteiger partial charge in [0.25, 0.3) is 0 Å². The van der Waals surface area contributed by atoms with Crippen LogP contribution in [-0.4, -0.2) is 4.98 Å². The molecule has 2 rings (SSSR count). The molecule has 0 aliphatic rings. The predicted octanol–water partition coefficient (Wildman–Crippen LogP) is 1.92. The fraction of sp³-hybridized carbons (Fsp3) is 0. The number of rotatable bonds is 2. The first-order valence-corrected chi connectivity index (χ1v) is 4.23. The fourth-order valence-corrected chi connectivity index (χ4v) is 0.963. The Labute approximate surface area is 81.6 Å². The summed E-state index contributed by atoms with van der Waals surface area (Å²) in [7, 11) is 0. The molecule has 0 spiro atoms. The van der Waals surface area contributed by atoms with Crippen LogP contribution in [0.3, 0.4) is 0 Å². The molecule has 68 valence electrons. The van der Waals surface area contributed by atoms with Crippen LogP contribution < -0.4 is 4.68 Å². The van der Waals surface area contributed by atoms with Gasteiger partial charge in [0.05, 0.1) is 5.11 Å². The van der Waals surface area contributed by atoms with Gasteiger partial charge in [-0.3, -0.25) is 4.98 Å². The maximum atomic E-state index is 4.02. The van der Waals surface area contributed by atoms with Gasteiger partial charge in [0.15, 0.2) is 0 Å². The largest absolute Gasteiger partial charge is 0.264 e. The van der Waals surface area contributed by atoms with E-state index in [2.05, 4.69) is 15.3 Å². The van der Waals surface area contributed by atoms with Crippen molar-refractivity contribution in [1.29, 1.82) is 0 Å². The average molecular weight is 185 g/mol. The Bertz CT molecular complexity index is 369. The topological polar surface area (TPSA) is 41.5 Å². The van der Waals surface area contributed by atoms with Crippen LogP contribution in [0.25, 0.3) is 0 Å². The molecule has 4 nitrogen and oxygen atoms in total. The first kappa shape index (κ1) is 8.50. The molecule has 0 saturated carbocycles. The van der Waals surface area contributed by atoms with Gasteiger partial charge in [-0.05, 0) is 12.1 Å². The van der Waals surface area contributed by atoms with Gasteiger partial charge in [-0.2, -0.15) is 0 Å². The van der Waals surface area contributed by atoms with Crippen LogP contribution in [0.5, 0.6) is 0 Å². The molecule has 0 N–H and O–H groups in total. The molecule has 2 aromatic heterocycles. The van der Waals surface area contributed by atoms with Crippen molar-refractivity contribution < 1.29 is 4.68 Å². The third-order valence-corrected chi connectivity index (χ3v) is 1.63. The zero-order valence-electron chi connectivity index (χ0n) is 7.49. The Morgan fingerprint density at radius 3 is 2.43 bits per heavy atom. The minimum absolute atomic E-state index is 0.788. The van der Waals surface area contributed by atoms with Gasteiger partial charge in [-0.25, -0.2) is 0 Å². The molecule has 0 saturated heterocycles. The Balaban J connectivity index is 2.16. The molecule has 0 amide bonds. The minimum atomic E-state index is 0.788. The maximum absolute atomic E-state index is 4.02. The number of hydrogen-bond donors (Lipinski definition) is 0. The van der Waals surface area contributed by atoms with Crippen molar-refractivity contribution in [2.75, 3.05) is 0 Å². The number of aromatic nitrogens is 2. The first-order chi connectivity index (χ1) is 6.95. The third kappa shape index (κ3) is 2.20. The van der Waals surface area contributed by atoms with Crippen LogP contribution in [-0.2, 0) is 0 Å². The summed E-state index contributed by atoms with van der Waals surface area (Å²) in [4.78, 5) is 3.89. The smallest absolute Gasteiger partial charge is 0.206 e. The molecule has 14 heavy (non-hydrogen) atoms. The molecule has 0 aliphatic carbocycles. The molecule has 0 atom stereocenters. The molecule has 0 bridgehead atoms. The van der Waals surface area contributed by atoms with Crippen LogP contribution in [0.4, 0.5) is 5.69 Å². The maximum Gasteiger partial charge on any atom is 0.206 e. The lowest BCUT2D eigenvalue weighted by Gasteiger charge is -1.84. The lowest BCUT2D eigenvalue weighted by atomic mass is 10.4. The van der Waals surface area contributed by atoms with Gasteiger partial charge in [0.1, 0.15) is 17.6 Å². The van der Waals surface area contributed by atoms with Crippen LogP contribution in [0.2, 0.25) is 0 Å². The molecule has 0 aromatic carbocycles. The Kier molecular flexibility index (Phi) is 2.56. The molecule has 2 heterocycles. The summed E-state index contributed by atoms with van der Waals surface area (Å²) in [5, 5.41) is 8.01. The zero-order chi connectivity index (χ0) is 9.64. The quantitative estimate of drug-likeness (QED) is 0.520. The van der Waals surface area contributed by atoms with E-state index in [0.29, 0.717) is 0 Å². The molecular formula is C10H9N4+. The SMILES string of the molecule is c1cc[n+](N=Nc2ccncc2)cc1. The van der Waals surface area contributed by atoms with E-state index in [1.807, 2.05) is 30.6 Å². The van der Waals surface area contributed by atoms with Crippen molar-refractivity contribution in [2.45, 2.75) is 0 Å². The fourth-order valence-electron chi connectivity index (χ4n) is 0.963. The van der Waals surface area contributed by atoms with E-state index in [0.717, 1.165) is 5.69 Å². The van der Waals surface area contributed by atoms with Crippen molar-refractivity contribution in [3.05, 3.63) is 55.1 Å². The van der Waals surface area contributed by atoms with Gasteiger partial charge in [0.2, 0.25) is 5.69 Å². The Hall–Kier alpha value is -2.10. The number of nitrogens with zero attached hydrogens (tertiary/aromatic N) is 4. The second-order valence-corrected chi connectivity index (χ2v) is 2.65. The van der Waals surface area contributed by atoms with Gasteiger partial charge in [0, 0.05) is 24.5 Å². The monoisotopic (exact) mass is 185 g/mol. The molecule has 0 aliphatic heterocycles. The predicted molar refractivity (Wildman–Crippen MR) is 50.8 cm³/mol. The number of hydrogen-bond acceptors (Lipinski definition) is 3. The van der Waals surface area contributed by atoms with Crippen LogP contribution in [0.15, 0.2) is 65.5 Å². The normalized spacial score (nSPS) is 10.6. The van der Waals surface area contributed by atoms with E-state index in [4.69, 9.17) is 0 Å². The summed E-state index contributed by atoms with van der Waals surface area (Å²) in [5.41, 5.74) is 0.788. The molecule has 2 aromatic rings. The third-order valence-electron chi connectivity index (χ3n) is 1.63. The van der Waals surface area contributed by atoms with Crippen LogP contribution in [0.1, 0.15) is 0 Å². The van der Waals surface area contributed by atoms with E-state index in [9.17, 15) is 0 Å². The summed E-state index contributed by atoms with van der Waals surface area (Å²) < 4.78 is 1.64. The minimum Gasteiger partial charge on any atom is -0.264 e. The lowest BCUT2D eigenvalue weighted by Crippen LogP contribution is -2.24. The molecule has 0 radical (unpaired) electrons. The highest BCUT2D eigenvalue weighted by molar-refractivity contribution is 5.31. The second-order valence-electron chi connectivity index (χ2n) is 2.65. The molecule has 4 heteroatoms. The van der Waals surface area contributed by atoms with Gasteiger partial charge < -0.3 is 0 Å². The summed E-state index contributed by atoms with van der Waals surface area (Å²) in [5.74, 6) is 0. The van der Waals surface area contributed by atoms with E-state index in [-0.39, 0.29) is 0 Å². The summed E-state index contributed by atoms with van der Waals surface area (Å²) in [6.45, 7) is 0. The van der Waals surface area contributed by atoms with Crippen LogP contribution in [0, 0.1) is 0 Å². The molecule has 0 unspecified atom stereocenters. The van der Waals surface area contributed by atoms with E-state index in [1.54, 1.807) is 29.2 Å². The summed E-state index contributed by atoms with van der Waals surface area (Å²) >= 11 is 0. The highest BCUT2D eigenvalue weighted by atomic mass is 15.4. The van der Waals surface area contributed by atoms with Crippen LogP contribution >= 0.6 is 0 Å².